The molecule has 3 rings (SSSR count). The van der Waals surface area contributed by atoms with Gasteiger partial charge in [-0.2, -0.15) is 0 Å². The predicted molar refractivity (Wildman–Crippen MR) is 79.1 cm³/mol. The van der Waals surface area contributed by atoms with Crippen LogP contribution in [0.2, 0.25) is 0 Å². The van der Waals surface area contributed by atoms with Crippen LogP contribution < -0.4 is 10.2 Å². The molecule has 7 heteroatoms. The zero-order valence-electron chi connectivity index (χ0n) is 12.0. The number of aromatic nitrogens is 1. The molecule has 0 radical (unpaired) electrons. The van der Waals surface area contributed by atoms with E-state index in [1.165, 1.54) is 6.20 Å². The summed E-state index contributed by atoms with van der Waals surface area (Å²) in [6, 6.07) is 8.51. The van der Waals surface area contributed by atoms with Crippen molar-refractivity contribution in [3.05, 3.63) is 47.7 Å². The smallest absolute Gasteiger partial charge is 0.462 e. The number of ether oxygens (including phenoxy) is 2. The largest absolute Gasteiger partial charge is 0.491 e. The van der Waals surface area contributed by atoms with E-state index in [1.54, 1.807) is 31.2 Å². The molecule has 0 amide bonds. The first kappa shape index (κ1) is 14.6. The first-order valence-electron chi connectivity index (χ1n) is 6.91. The van der Waals surface area contributed by atoms with Crippen LogP contribution in [0, 0.1) is 0 Å². The first-order chi connectivity index (χ1) is 10.7. The molecule has 0 spiro atoms. The van der Waals surface area contributed by atoms with Gasteiger partial charge in [-0.1, -0.05) is 6.07 Å². The normalized spacial score (nSPS) is 12.9. The number of carbonyl (C=O) groups excluding carboxylic acids is 1. The van der Waals surface area contributed by atoms with Gasteiger partial charge in [0.1, 0.15) is 5.75 Å². The lowest BCUT2D eigenvalue weighted by molar-refractivity contribution is 0.0526. The molecule has 0 saturated carbocycles. The summed E-state index contributed by atoms with van der Waals surface area (Å²) < 4.78 is 15.6. The highest BCUT2D eigenvalue weighted by atomic mass is 16.5. The number of esters is 1. The predicted octanol–water partition coefficient (Wildman–Crippen LogP) is 1.27. The van der Waals surface area contributed by atoms with Gasteiger partial charge in [-0.25, -0.2) is 9.78 Å². The van der Waals surface area contributed by atoms with Crippen molar-refractivity contribution in [2.24, 2.45) is 0 Å². The third-order valence-electron chi connectivity index (χ3n) is 3.25. The van der Waals surface area contributed by atoms with Crippen molar-refractivity contribution in [1.29, 1.82) is 0 Å². The van der Waals surface area contributed by atoms with E-state index in [9.17, 15) is 9.82 Å². The lowest BCUT2D eigenvalue weighted by atomic mass is 9.79. The monoisotopic (exact) mass is 299 g/mol. The van der Waals surface area contributed by atoms with Crippen LogP contribution in [-0.2, 0) is 16.0 Å². The Kier molecular flexibility index (Phi) is 4.08. The van der Waals surface area contributed by atoms with Crippen LogP contribution in [0.15, 0.2) is 36.5 Å². The van der Waals surface area contributed by atoms with Gasteiger partial charge >= 0.3 is 13.1 Å². The highest BCUT2D eigenvalue weighted by molar-refractivity contribution is 6.61. The second kappa shape index (κ2) is 6.17. The molecule has 6 nitrogen and oxygen atoms in total. The van der Waals surface area contributed by atoms with E-state index in [-0.39, 0.29) is 0 Å². The Hall–Kier alpha value is -2.38. The number of carbonyl (C=O) groups is 1. The maximum absolute atomic E-state index is 11.5. The molecule has 1 N–H and O–H groups in total. The minimum Gasteiger partial charge on any atom is -0.462 e. The van der Waals surface area contributed by atoms with E-state index in [4.69, 9.17) is 14.1 Å². The standard InChI is InChI=1S/C15H14BNO5/c1-2-20-15(18)10-4-6-14(17-8-10)22-12-5-3-11-9-21-16(19)13(11)7-12/h3-8,19H,2,9H2,1H3. The van der Waals surface area contributed by atoms with E-state index in [0.717, 1.165) is 5.56 Å². The molecule has 2 aromatic rings. The van der Waals surface area contributed by atoms with Gasteiger partial charge in [0.25, 0.3) is 0 Å². The highest BCUT2D eigenvalue weighted by Gasteiger charge is 2.27. The van der Waals surface area contributed by atoms with Gasteiger partial charge in [-0.05, 0) is 36.1 Å². The van der Waals surface area contributed by atoms with E-state index in [0.29, 0.717) is 35.9 Å². The van der Waals surface area contributed by atoms with E-state index in [1.807, 2.05) is 6.07 Å². The Labute approximate surface area is 127 Å². The quantitative estimate of drug-likeness (QED) is 0.676. The van der Waals surface area contributed by atoms with Gasteiger partial charge in [-0.15, -0.1) is 0 Å². The van der Waals surface area contributed by atoms with Crippen molar-refractivity contribution in [3.63, 3.8) is 0 Å². The number of fused-ring (bicyclic) bond motifs is 1. The Bertz CT molecular complexity index is 689. The molecule has 1 aromatic heterocycles. The molecule has 0 fully saturated rings. The van der Waals surface area contributed by atoms with Crippen LogP contribution in [0.5, 0.6) is 11.6 Å². The Morgan fingerprint density at radius 1 is 1.41 bits per heavy atom. The van der Waals surface area contributed by atoms with Crippen molar-refractivity contribution < 1.29 is 23.9 Å². The minimum atomic E-state index is -0.919. The average molecular weight is 299 g/mol. The third kappa shape index (κ3) is 2.95. The Morgan fingerprint density at radius 2 is 2.27 bits per heavy atom. The summed E-state index contributed by atoms with van der Waals surface area (Å²) in [6.07, 6.45) is 1.40. The molecule has 1 aliphatic rings. The zero-order valence-corrected chi connectivity index (χ0v) is 12.0. The van der Waals surface area contributed by atoms with Crippen LogP contribution in [0.25, 0.3) is 0 Å². The van der Waals surface area contributed by atoms with Crippen LogP contribution >= 0.6 is 0 Å². The van der Waals surface area contributed by atoms with E-state index in [2.05, 4.69) is 4.98 Å². The topological polar surface area (TPSA) is 77.9 Å². The summed E-state index contributed by atoms with van der Waals surface area (Å²) in [5.74, 6) is 0.473. The lowest BCUT2D eigenvalue weighted by Crippen LogP contribution is -2.27. The van der Waals surface area contributed by atoms with Crippen molar-refractivity contribution in [1.82, 2.24) is 4.98 Å². The van der Waals surface area contributed by atoms with Crippen molar-refractivity contribution in [3.8, 4) is 11.6 Å². The van der Waals surface area contributed by atoms with Crippen LogP contribution in [0.4, 0.5) is 0 Å². The summed E-state index contributed by atoms with van der Waals surface area (Å²) in [5.41, 5.74) is 2.00. The average Bonchev–Trinajstić information content (AvgIpc) is 2.89. The van der Waals surface area contributed by atoms with Crippen molar-refractivity contribution >= 4 is 18.6 Å². The second-order valence-corrected chi connectivity index (χ2v) is 4.73. The molecule has 0 saturated heterocycles. The van der Waals surface area contributed by atoms with Gasteiger partial charge in [0, 0.05) is 12.3 Å². The molecule has 0 aliphatic carbocycles. The van der Waals surface area contributed by atoms with Gasteiger partial charge < -0.3 is 19.2 Å². The van der Waals surface area contributed by atoms with Crippen LogP contribution in [0.3, 0.4) is 0 Å². The van der Waals surface area contributed by atoms with Gasteiger partial charge in [0.15, 0.2) is 0 Å². The number of hydrogen-bond donors (Lipinski definition) is 1. The lowest BCUT2D eigenvalue weighted by Gasteiger charge is -2.07. The number of nitrogens with zero attached hydrogens (tertiary/aromatic N) is 1. The molecule has 2 heterocycles. The molecular formula is C15H14BNO5. The molecule has 0 bridgehead atoms. The fourth-order valence-corrected chi connectivity index (χ4v) is 2.15. The molecule has 1 aliphatic heterocycles. The molecule has 0 unspecified atom stereocenters. The molecule has 112 valence electrons. The SMILES string of the molecule is CCOC(=O)c1ccc(Oc2ccc3c(c2)B(O)OC3)nc1. The first-order valence-corrected chi connectivity index (χ1v) is 6.91. The molecule has 1 aromatic carbocycles. The highest BCUT2D eigenvalue weighted by Crippen LogP contribution is 2.21. The van der Waals surface area contributed by atoms with Gasteiger partial charge in [0.05, 0.1) is 18.8 Å². The maximum Gasteiger partial charge on any atom is 0.491 e. The fraction of sp³-hybridized carbons (Fsp3) is 0.200. The number of benzene rings is 1. The third-order valence-corrected chi connectivity index (χ3v) is 3.25. The molecule has 0 atom stereocenters. The minimum absolute atomic E-state index is 0.316. The summed E-state index contributed by atoms with van der Waals surface area (Å²) in [6.45, 7) is 2.45. The van der Waals surface area contributed by atoms with Crippen LogP contribution in [0.1, 0.15) is 22.8 Å². The second-order valence-electron chi connectivity index (χ2n) is 4.73. The molecular weight excluding hydrogens is 285 g/mol. The van der Waals surface area contributed by atoms with E-state index >= 15 is 0 Å². The van der Waals surface area contributed by atoms with E-state index < -0.39 is 13.1 Å². The van der Waals surface area contributed by atoms with Crippen molar-refractivity contribution in [2.45, 2.75) is 13.5 Å². The zero-order chi connectivity index (χ0) is 15.5. The Balaban J connectivity index is 1.74. The number of rotatable bonds is 4. The summed E-state index contributed by atoms with van der Waals surface area (Å²) in [4.78, 5) is 15.6. The summed E-state index contributed by atoms with van der Waals surface area (Å²) >= 11 is 0. The molecule has 22 heavy (non-hydrogen) atoms. The number of hydrogen-bond acceptors (Lipinski definition) is 6. The summed E-state index contributed by atoms with van der Waals surface area (Å²) in [7, 11) is -0.919. The maximum atomic E-state index is 11.5. The van der Waals surface area contributed by atoms with Gasteiger partial charge in [-0.3, -0.25) is 0 Å². The summed E-state index contributed by atoms with van der Waals surface area (Å²) in [5, 5.41) is 9.68. The Morgan fingerprint density at radius 3 is 3.00 bits per heavy atom. The fourth-order valence-electron chi connectivity index (χ4n) is 2.15. The number of pyridine rings is 1. The van der Waals surface area contributed by atoms with Gasteiger partial charge in [0.2, 0.25) is 5.88 Å². The van der Waals surface area contributed by atoms with Crippen molar-refractivity contribution in [2.75, 3.05) is 6.61 Å². The van der Waals surface area contributed by atoms with Crippen LogP contribution in [-0.4, -0.2) is 29.7 Å².